The molecular formula is C18H21N5O2. The summed E-state index contributed by atoms with van der Waals surface area (Å²) in [6.45, 7) is 4.69. The van der Waals surface area contributed by atoms with Gasteiger partial charge in [-0.15, -0.1) is 10.2 Å². The highest BCUT2D eigenvalue weighted by atomic mass is 16.5. The van der Waals surface area contributed by atoms with Crippen LogP contribution in [0.3, 0.4) is 0 Å². The van der Waals surface area contributed by atoms with Gasteiger partial charge >= 0.3 is 6.03 Å². The highest BCUT2D eigenvalue weighted by molar-refractivity contribution is 5.74. The van der Waals surface area contributed by atoms with E-state index in [2.05, 4.69) is 20.8 Å². The lowest BCUT2D eigenvalue weighted by atomic mass is 10.2. The predicted molar refractivity (Wildman–Crippen MR) is 94.6 cm³/mol. The highest BCUT2D eigenvalue weighted by Crippen LogP contribution is 2.12. The first-order chi connectivity index (χ1) is 12.1. The van der Waals surface area contributed by atoms with Crippen LogP contribution in [-0.4, -0.2) is 33.8 Å². The van der Waals surface area contributed by atoms with Crippen LogP contribution < -0.4 is 15.4 Å². The van der Waals surface area contributed by atoms with Crippen molar-refractivity contribution in [1.82, 2.24) is 25.2 Å². The van der Waals surface area contributed by atoms with Gasteiger partial charge < -0.3 is 15.4 Å². The second kappa shape index (κ2) is 7.65. The number of hydrogen-bond donors (Lipinski definition) is 2. The molecule has 3 rings (SSSR count). The van der Waals surface area contributed by atoms with Crippen LogP contribution in [0.1, 0.15) is 24.4 Å². The third-order valence-corrected chi connectivity index (χ3v) is 3.72. The molecule has 2 N–H and O–H groups in total. The fourth-order valence-corrected chi connectivity index (χ4v) is 2.51. The van der Waals surface area contributed by atoms with Crippen LogP contribution in [0.4, 0.5) is 4.79 Å². The maximum atomic E-state index is 12.0. The molecule has 0 aliphatic heterocycles. The number of fused-ring (bicyclic) bond motifs is 1. The van der Waals surface area contributed by atoms with Gasteiger partial charge in [0.25, 0.3) is 0 Å². The Balaban J connectivity index is 1.46. The smallest absolute Gasteiger partial charge is 0.315 e. The van der Waals surface area contributed by atoms with Crippen molar-refractivity contribution in [3.63, 3.8) is 0 Å². The number of carbonyl (C=O) groups excluding carboxylic acids is 1. The minimum atomic E-state index is -0.270. The van der Waals surface area contributed by atoms with Crippen molar-refractivity contribution < 1.29 is 9.53 Å². The van der Waals surface area contributed by atoms with Gasteiger partial charge in [0.1, 0.15) is 12.4 Å². The minimum absolute atomic E-state index is 0.268. The van der Waals surface area contributed by atoms with Crippen molar-refractivity contribution in [1.29, 1.82) is 0 Å². The molecule has 7 heteroatoms. The first-order valence-corrected chi connectivity index (χ1v) is 8.17. The number of aromatic nitrogens is 3. The fraction of sp³-hybridized carbons (Fsp3) is 0.278. The Bertz CT molecular complexity index is 861. The summed E-state index contributed by atoms with van der Waals surface area (Å²) in [4.78, 5) is 12.0. The number of ether oxygens (including phenoxy) is 1. The van der Waals surface area contributed by atoms with Gasteiger partial charge in [0.15, 0.2) is 11.5 Å². The van der Waals surface area contributed by atoms with E-state index < -0.39 is 0 Å². The first kappa shape index (κ1) is 16.8. The number of aryl methyl sites for hydroxylation is 1. The molecule has 7 nitrogen and oxygen atoms in total. The zero-order chi connectivity index (χ0) is 17.6. The number of carbonyl (C=O) groups is 1. The van der Waals surface area contributed by atoms with Crippen LogP contribution >= 0.6 is 0 Å². The van der Waals surface area contributed by atoms with Crippen molar-refractivity contribution in [2.75, 3.05) is 13.2 Å². The Morgan fingerprint density at radius 1 is 1.24 bits per heavy atom. The normalized spacial score (nSPS) is 11.9. The van der Waals surface area contributed by atoms with Gasteiger partial charge in [-0.1, -0.05) is 18.2 Å². The molecule has 0 aliphatic rings. The second-order valence-corrected chi connectivity index (χ2v) is 5.77. The SMILES string of the molecule is Cc1cccc(OCCNC(=O)NC(C)c2nnc3ccccn23)c1. The summed E-state index contributed by atoms with van der Waals surface area (Å²) in [5.74, 6) is 1.48. The summed E-state index contributed by atoms with van der Waals surface area (Å²) in [5, 5.41) is 13.9. The number of benzene rings is 1. The Morgan fingerprint density at radius 3 is 2.96 bits per heavy atom. The van der Waals surface area contributed by atoms with Crippen molar-refractivity contribution in [3.05, 3.63) is 60.0 Å². The summed E-state index contributed by atoms with van der Waals surface area (Å²) in [5.41, 5.74) is 1.88. The van der Waals surface area contributed by atoms with E-state index in [1.807, 2.05) is 66.9 Å². The van der Waals surface area contributed by atoms with Gasteiger partial charge in [0.2, 0.25) is 0 Å². The standard InChI is InChI=1S/C18H21N5O2/c1-13-6-5-7-15(12-13)25-11-9-19-18(24)20-14(2)17-22-21-16-8-3-4-10-23(16)17/h3-8,10,12,14H,9,11H2,1-2H3,(H2,19,20,24). The topological polar surface area (TPSA) is 80.5 Å². The van der Waals surface area contributed by atoms with E-state index in [0.29, 0.717) is 19.0 Å². The quantitative estimate of drug-likeness (QED) is 0.676. The average molecular weight is 339 g/mol. The molecule has 25 heavy (non-hydrogen) atoms. The first-order valence-electron chi connectivity index (χ1n) is 8.17. The third kappa shape index (κ3) is 4.26. The Hall–Kier alpha value is -3.09. The van der Waals surface area contributed by atoms with Crippen molar-refractivity contribution in [2.45, 2.75) is 19.9 Å². The summed E-state index contributed by atoms with van der Waals surface area (Å²) < 4.78 is 7.46. The molecule has 2 amide bonds. The molecule has 3 aromatic rings. The molecule has 1 unspecified atom stereocenters. The number of nitrogens with one attached hydrogen (secondary N) is 2. The zero-order valence-electron chi connectivity index (χ0n) is 14.3. The Labute approximate surface area is 146 Å². The van der Waals surface area contributed by atoms with E-state index in [0.717, 1.165) is 17.0 Å². The van der Waals surface area contributed by atoms with Gasteiger partial charge in [-0.25, -0.2) is 4.79 Å². The summed E-state index contributed by atoms with van der Waals surface area (Å²) in [7, 11) is 0. The summed E-state index contributed by atoms with van der Waals surface area (Å²) in [6.07, 6.45) is 1.87. The highest BCUT2D eigenvalue weighted by Gasteiger charge is 2.15. The van der Waals surface area contributed by atoms with Crippen LogP contribution in [0.25, 0.3) is 5.65 Å². The van der Waals surface area contributed by atoms with Crippen LogP contribution in [0.5, 0.6) is 5.75 Å². The van der Waals surface area contributed by atoms with E-state index in [1.165, 1.54) is 0 Å². The lowest BCUT2D eigenvalue weighted by Gasteiger charge is -2.13. The molecule has 1 atom stereocenters. The van der Waals surface area contributed by atoms with Crippen LogP contribution in [0, 0.1) is 6.92 Å². The molecule has 2 heterocycles. The number of rotatable bonds is 6. The monoisotopic (exact) mass is 339 g/mol. The molecule has 0 bridgehead atoms. The Kier molecular flexibility index (Phi) is 5.13. The van der Waals surface area contributed by atoms with Gasteiger partial charge in [0, 0.05) is 6.20 Å². The number of amides is 2. The summed E-state index contributed by atoms with van der Waals surface area (Å²) in [6, 6.07) is 12.9. The maximum Gasteiger partial charge on any atom is 0.315 e. The lowest BCUT2D eigenvalue weighted by molar-refractivity contribution is 0.233. The van der Waals surface area contributed by atoms with Crippen molar-refractivity contribution in [2.24, 2.45) is 0 Å². The average Bonchev–Trinajstić information content (AvgIpc) is 3.03. The summed E-state index contributed by atoms with van der Waals surface area (Å²) >= 11 is 0. The van der Waals surface area contributed by atoms with Gasteiger partial charge in [0.05, 0.1) is 12.6 Å². The van der Waals surface area contributed by atoms with E-state index in [1.54, 1.807) is 0 Å². The number of pyridine rings is 1. The van der Waals surface area contributed by atoms with E-state index in [9.17, 15) is 4.79 Å². The fourth-order valence-electron chi connectivity index (χ4n) is 2.51. The van der Waals surface area contributed by atoms with E-state index in [4.69, 9.17) is 4.74 Å². The number of hydrogen-bond acceptors (Lipinski definition) is 4. The van der Waals surface area contributed by atoms with Crippen LogP contribution in [0.2, 0.25) is 0 Å². The minimum Gasteiger partial charge on any atom is -0.492 e. The van der Waals surface area contributed by atoms with Crippen LogP contribution in [-0.2, 0) is 0 Å². The number of urea groups is 1. The van der Waals surface area contributed by atoms with E-state index >= 15 is 0 Å². The maximum absolute atomic E-state index is 12.0. The molecule has 0 aliphatic carbocycles. The molecule has 0 saturated heterocycles. The predicted octanol–water partition coefficient (Wildman–Crippen LogP) is 2.48. The largest absolute Gasteiger partial charge is 0.492 e. The molecule has 0 saturated carbocycles. The number of nitrogens with zero attached hydrogens (tertiary/aromatic N) is 3. The Morgan fingerprint density at radius 2 is 2.12 bits per heavy atom. The van der Waals surface area contributed by atoms with Crippen molar-refractivity contribution in [3.8, 4) is 5.75 Å². The molecule has 2 aromatic heterocycles. The molecule has 130 valence electrons. The molecule has 0 spiro atoms. The van der Waals surface area contributed by atoms with Gasteiger partial charge in [-0.05, 0) is 43.7 Å². The molecular weight excluding hydrogens is 318 g/mol. The van der Waals surface area contributed by atoms with Gasteiger partial charge in [-0.2, -0.15) is 0 Å². The molecule has 1 aromatic carbocycles. The molecule has 0 fully saturated rings. The van der Waals surface area contributed by atoms with Crippen molar-refractivity contribution >= 4 is 11.7 Å². The second-order valence-electron chi connectivity index (χ2n) is 5.77. The van der Waals surface area contributed by atoms with Crippen LogP contribution in [0.15, 0.2) is 48.7 Å². The van der Waals surface area contributed by atoms with E-state index in [-0.39, 0.29) is 12.1 Å². The lowest BCUT2D eigenvalue weighted by Crippen LogP contribution is -2.39. The zero-order valence-corrected chi connectivity index (χ0v) is 14.3. The molecule has 0 radical (unpaired) electrons. The van der Waals surface area contributed by atoms with Gasteiger partial charge in [-0.3, -0.25) is 4.40 Å². The third-order valence-electron chi connectivity index (χ3n) is 3.72.